The quantitative estimate of drug-likeness (QED) is 0.833. The highest BCUT2D eigenvalue weighted by Crippen LogP contribution is 2.45. The van der Waals surface area contributed by atoms with E-state index < -0.39 is 11.7 Å². The van der Waals surface area contributed by atoms with Gasteiger partial charge < -0.3 is 10.2 Å². The van der Waals surface area contributed by atoms with Gasteiger partial charge in [-0.1, -0.05) is 0 Å². The van der Waals surface area contributed by atoms with Gasteiger partial charge in [-0.3, -0.25) is 9.48 Å². The first-order valence-electron chi connectivity index (χ1n) is 9.75. The van der Waals surface area contributed by atoms with E-state index in [4.69, 9.17) is 0 Å². The Morgan fingerprint density at radius 1 is 1.17 bits per heavy atom. The van der Waals surface area contributed by atoms with Crippen molar-refractivity contribution in [3.8, 4) is 0 Å². The van der Waals surface area contributed by atoms with Gasteiger partial charge in [0.2, 0.25) is 11.9 Å². The van der Waals surface area contributed by atoms with Crippen LogP contribution in [0.1, 0.15) is 61.5 Å². The van der Waals surface area contributed by atoms with Gasteiger partial charge in [0, 0.05) is 32.1 Å². The SMILES string of the molecule is CC(=O)N1CCC(n2ncc(Nc3ncc(C(F)(F)F)c(C4CC4)n3)c2C)CC1. The molecule has 2 fully saturated rings. The van der Waals surface area contributed by atoms with Crippen molar-refractivity contribution in [1.82, 2.24) is 24.6 Å². The van der Waals surface area contributed by atoms with E-state index in [1.54, 1.807) is 13.1 Å². The van der Waals surface area contributed by atoms with Gasteiger partial charge in [-0.05, 0) is 32.6 Å². The van der Waals surface area contributed by atoms with Gasteiger partial charge in [-0.2, -0.15) is 18.3 Å². The molecule has 156 valence electrons. The molecular weight excluding hydrogens is 385 g/mol. The van der Waals surface area contributed by atoms with E-state index in [1.807, 2.05) is 16.5 Å². The number of halogens is 3. The van der Waals surface area contributed by atoms with Crippen LogP contribution in [-0.2, 0) is 11.0 Å². The van der Waals surface area contributed by atoms with Crippen LogP contribution in [0.5, 0.6) is 0 Å². The Kier molecular flexibility index (Phi) is 4.95. The van der Waals surface area contributed by atoms with Crippen LogP contribution in [0.3, 0.4) is 0 Å². The standard InChI is InChI=1S/C19H23F3N6O/c1-11-16(10-24-28(11)14-5-7-27(8-6-14)12(2)29)25-18-23-9-15(19(20,21)22)17(26-18)13-3-4-13/h9-10,13-14H,3-8H2,1-2H3,(H,23,25,26). The van der Waals surface area contributed by atoms with Crippen LogP contribution < -0.4 is 5.32 Å². The summed E-state index contributed by atoms with van der Waals surface area (Å²) in [7, 11) is 0. The summed E-state index contributed by atoms with van der Waals surface area (Å²) in [6.45, 7) is 4.85. The highest BCUT2D eigenvalue weighted by atomic mass is 19.4. The third kappa shape index (κ3) is 4.06. The fraction of sp³-hybridized carbons (Fsp3) is 0.579. The first-order valence-corrected chi connectivity index (χ1v) is 9.75. The first-order chi connectivity index (χ1) is 13.7. The van der Waals surface area contributed by atoms with Gasteiger partial charge >= 0.3 is 6.18 Å². The van der Waals surface area contributed by atoms with Crippen LogP contribution in [0.25, 0.3) is 0 Å². The number of alkyl halides is 3. The minimum atomic E-state index is -4.45. The Morgan fingerprint density at radius 3 is 2.45 bits per heavy atom. The minimum Gasteiger partial charge on any atom is -0.343 e. The molecule has 29 heavy (non-hydrogen) atoms. The van der Waals surface area contributed by atoms with Crippen molar-refractivity contribution in [3.05, 3.63) is 29.3 Å². The Morgan fingerprint density at radius 2 is 1.86 bits per heavy atom. The first kappa shape index (κ1) is 19.7. The van der Waals surface area contributed by atoms with Gasteiger partial charge in [-0.15, -0.1) is 0 Å². The topological polar surface area (TPSA) is 75.9 Å². The maximum Gasteiger partial charge on any atom is 0.419 e. The van der Waals surface area contributed by atoms with E-state index in [1.165, 1.54) is 0 Å². The monoisotopic (exact) mass is 408 g/mol. The molecule has 1 aliphatic carbocycles. The van der Waals surface area contributed by atoms with Crippen molar-refractivity contribution < 1.29 is 18.0 Å². The number of carbonyl (C=O) groups excluding carboxylic acids is 1. The molecule has 10 heteroatoms. The number of aromatic nitrogens is 4. The molecule has 1 aliphatic heterocycles. The smallest absolute Gasteiger partial charge is 0.343 e. The molecule has 4 rings (SSSR count). The largest absolute Gasteiger partial charge is 0.419 e. The summed E-state index contributed by atoms with van der Waals surface area (Å²) >= 11 is 0. The van der Waals surface area contributed by atoms with Crippen LogP contribution >= 0.6 is 0 Å². The molecule has 0 radical (unpaired) electrons. The summed E-state index contributed by atoms with van der Waals surface area (Å²) in [4.78, 5) is 21.4. The number of piperidine rings is 1. The average Bonchev–Trinajstić information content (AvgIpc) is 3.46. The summed E-state index contributed by atoms with van der Waals surface area (Å²) in [5.41, 5.74) is 0.843. The van der Waals surface area contributed by atoms with Crippen LogP contribution in [0, 0.1) is 6.92 Å². The Hall–Kier alpha value is -2.65. The molecule has 1 saturated heterocycles. The zero-order valence-corrected chi connectivity index (χ0v) is 16.3. The van der Waals surface area contributed by atoms with E-state index in [-0.39, 0.29) is 29.5 Å². The van der Waals surface area contributed by atoms with Crippen molar-refractivity contribution in [2.24, 2.45) is 0 Å². The van der Waals surface area contributed by atoms with Gasteiger partial charge in [0.1, 0.15) is 0 Å². The van der Waals surface area contributed by atoms with Crippen molar-refractivity contribution >= 4 is 17.5 Å². The van der Waals surface area contributed by atoms with E-state index in [9.17, 15) is 18.0 Å². The molecule has 1 amide bonds. The molecule has 2 aliphatic rings. The van der Waals surface area contributed by atoms with Crippen LogP contribution in [-0.4, -0.2) is 43.6 Å². The Labute approximate surface area is 166 Å². The van der Waals surface area contributed by atoms with E-state index in [0.29, 0.717) is 18.8 Å². The second-order valence-electron chi connectivity index (χ2n) is 7.72. The van der Waals surface area contributed by atoms with Crippen LogP contribution in [0.15, 0.2) is 12.4 Å². The lowest BCUT2D eigenvalue weighted by Crippen LogP contribution is -2.38. The van der Waals surface area contributed by atoms with Crippen molar-refractivity contribution in [3.63, 3.8) is 0 Å². The van der Waals surface area contributed by atoms with Crippen molar-refractivity contribution in [2.45, 2.75) is 57.7 Å². The summed E-state index contributed by atoms with van der Waals surface area (Å²) in [5.74, 6) is 0.0771. The third-order valence-corrected chi connectivity index (χ3v) is 5.63. The van der Waals surface area contributed by atoms with Gasteiger partial charge in [0.25, 0.3) is 0 Å². The molecule has 0 unspecified atom stereocenters. The van der Waals surface area contributed by atoms with Crippen LogP contribution in [0.2, 0.25) is 0 Å². The average molecular weight is 408 g/mol. The molecule has 7 nitrogen and oxygen atoms in total. The Bertz CT molecular complexity index is 913. The lowest BCUT2D eigenvalue weighted by molar-refractivity contribution is -0.138. The number of amides is 1. The fourth-order valence-corrected chi connectivity index (χ4v) is 3.80. The molecule has 1 saturated carbocycles. The second kappa shape index (κ2) is 7.31. The van der Waals surface area contributed by atoms with E-state index in [2.05, 4.69) is 20.4 Å². The van der Waals surface area contributed by atoms with Gasteiger partial charge in [0.05, 0.1) is 34.9 Å². The van der Waals surface area contributed by atoms with E-state index in [0.717, 1.165) is 37.6 Å². The molecule has 0 aromatic carbocycles. The summed E-state index contributed by atoms with van der Waals surface area (Å²) in [5, 5.41) is 7.47. The van der Waals surface area contributed by atoms with Gasteiger partial charge in [-0.25, -0.2) is 9.97 Å². The molecule has 0 spiro atoms. The van der Waals surface area contributed by atoms with Crippen LogP contribution in [0.4, 0.5) is 24.8 Å². The zero-order valence-electron chi connectivity index (χ0n) is 16.3. The highest BCUT2D eigenvalue weighted by Gasteiger charge is 2.40. The summed E-state index contributed by atoms with van der Waals surface area (Å²) < 4.78 is 41.5. The molecule has 2 aromatic heterocycles. The molecule has 2 aromatic rings. The minimum absolute atomic E-state index is 0.0663. The highest BCUT2D eigenvalue weighted by molar-refractivity contribution is 5.73. The maximum absolute atomic E-state index is 13.2. The molecule has 0 atom stereocenters. The number of hydrogen-bond acceptors (Lipinski definition) is 5. The Balaban J connectivity index is 1.51. The molecular formula is C19H23F3N6O. The zero-order chi connectivity index (χ0) is 20.8. The summed E-state index contributed by atoms with van der Waals surface area (Å²) in [6.07, 6.45) is 1.11. The number of carbonyl (C=O) groups is 1. The number of likely N-dealkylation sites (tertiary alicyclic amines) is 1. The molecule has 3 heterocycles. The predicted octanol–water partition coefficient (Wildman–Crippen LogP) is 3.80. The third-order valence-electron chi connectivity index (χ3n) is 5.63. The number of nitrogens with one attached hydrogen (secondary N) is 1. The fourth-order valence-electron chi connectivity index (χ4n) is 3.80. The van der Waals surface area contributed by atoms with Crippen molar-refractivity contribution in [1.29, 1.82) is 0 Å². The molecule has 1 N–H and O–H groups in total. The van der Waals surface area contributed by atoms with Gasteiger partial charge in [0.15, 0.2) is 0 Å². The lowest BCUT2D eigenvalue weighted by atomic mass is 10.1. The number of rotatable bonds is 4. The van der Waals surface area contributed by atoms with E-state index >= 15 is 0 Å². The predicted molar refractivity (Wildman–Crippen MR) is 99.8 cm³/mol. The second-order valence-corrected chi connectivity index (χ2v) is 7.72. The normalized spacial score (nSPS) is 18.2. The van der Waals surface area contributed by atoms with Crippen molar-refractivity contribution in [2.75, 3.05) is 18.4 Å². The maximum atomic E-state index is 13.2. The number of hydrogen-bond donors (Lipinski definition) is 1. The molecule has 0 bridgehead atoms. The number of nitrogens with zero attached hydrogens (tertiary/aromatic N) is 5. The number of anilines is 2. The lowest BCUT2D eigenvalue weighted by Gasteiger charge is -2.32. The summed E-state index contributed by atoms with van der Waals surface area (Å²) in [6, 6.07) is 0.177.